The molecule has 0 spiro atoms. The van der Waals surface area contributed by atoms with Gasteiger partial charge in [-0.3, -0.25) is 4.79 Å². The molecule has 0 aliphatic heterocycles. The zero-order valence-electron chi connectivity index (χ0n) is 12.0. The van der Waals surface area contributed by atoms with Gasteiger partial charge >= 0.3 is 5.97 Å². The Labute approximate surface area is 116 Å². The van der Waals surface area contributed by atoms with Gasteiger partial charge in [0.2, 0.25) is 5.91 Å². The highest BCUT2D eigenvalue weighted by molar-refractivity contribution is 5.87. The minimum absolute atomic E-state index is 0.101. The van der Waals surface area contributed by atoms with Crippen molar-refractivity contribution in [1.82, 2.24) is 5.32 Å². The van der Waals surface area contributed by atoms with Crippen LogP contribution in [0.4, 0.5) is 0 Å². The Hall–Kier alpha value is -1.06. The smallest absolute Gasteiger partial charge is 0.329 e. The second-order valence-electron chi connectivity index (χ2n) is 5.66. The summed E-state index contributed by atoms with van der Waals surface area (Å²) in [6, 6.07) is 0. The van der Waals surface area contributed by atoms with E-state index in [0.717, 1.165) is 19.3 Å². The van der Waals surface area contributed by atoms with Crippen LogP contribution in [-0.2, 0) is 9.59 Å². The second kappa shape index (κ2) is 8.18. The van der Waals surface area contributed by atoms with Gasteiger partial charge in [0.15, 0.2) is 0 Å². The van der Waals surface area contributed by atoms with Gasteiger partial charge in [-0.05, 0) is 25.7 Å². The molecule has 1 amide bonds. The molecule has 1 aliphatic rings. The number of carboxylic acids is 1. The Morgan fingerprint density at radius 2 is 1.63 bits per heavy atom. The predicted octanol–water partition coefficient (Wildman–Crippen LogP) is 3.25. The van der Waals surface area contributed by atoms with Gasteiger partial charge in [0, 0.05) is 6.42 Å². The van der Waals surface area contributed by atoms with Crippen LogP contribution in [0, 0.1) is 0 Å². The molecular weight excluding hydrogens is 242 g/mol. The summed E-state index contributed by atoms with van der Waals surface area (Å²) < 4.78 is 0. The molecule has 2 N–H and O–H groups in total. The molecule has 0 heterocycles. The van der Waals surface area contributed by atoms with E-state index in [-0.39, 0.29) is 5.91 Å². The van der Waals surface area contributed by atoms with Gasteiger partial charge in [-0.25, -0.2) is 4.79 Å². The zero-order chi connectivity index (χ0) is 14.1. The van der Waals surface area contributed by atoms with Gasteiger partial charge in [-0.1, -0.05) is 45.4 Å². The molecule has 4 nitrogen and oxygen atoms in total. The fourth-order valence-electron chi connectivity index (χ4n) is 2.49. The van der Waals surface area contributed by atoms with E-state index in [4.69, 9.17) is 5.11 Å². The monoisotopic (exact) mass is 269 g/mol. The number of carboxylic acid groups (broad SMARTS) is 1. The molecule has 0 aromatic heterocycles. The van der Waals surface area contributed by atoms with Crippen LogP contribution in [0.25, 0.3) is 0 Å². The first-order chi connectivity index (χ1) is 9.10. The molecule has 0 aromatic rings. The fraction of sp³-hybridized carbons (Fsp3) is 0.867. The highest BCUT2D eigenvalue weighted by Crippen LogP contribution is 2.32. The number of amides is 1. The van der Waals surface area contributed by atoms with E-state index in [1.165, 1.54) is 32.1 Å². The largest absolute Gasteiger partial charge is 0.480 e. The van der Waals surface area contributed by atoms with Crippen molar-refractivity contribution >= 4 is 11.9 Å². The molecule has 4 heteroatoms. The predicted molar refractivity (Wildman–Crippen MR) is 75.0 cm³/mol. The van der Waals surface area contributed by atoms with Crippen LogP contribution in [0.3, 0.4) is 0 Å². The van der Waals surface area contributed by atoms with Crippen molar-refractivity contribution in [3.63, 3.8) is 0 Å². The van der Waals surface area contributed by atoms with E-state index < -0.39 is 11.5 Å². The van der Waals surface area contributed by atoms with E-state index in [1.807, 2.05) is 0 Å². The zero-order valence-corrected chi connectivity index (χ0v) is 12.0. The summed E-state index contributed by atoms with van der Waals surface area (Å²) in [6.45, 7) is 2.20. The minimum Gasteiger partial charge on any atom is -0.480 e. The summed E-state index contributed by atoms with van der Waals surface area (Å²) >= 11 is 0. The van der Waals surface area contributed by atoms with Gasteiger partial charge in [0.1, 0.15) is 5.54 Å². The highest BCUT2D eigenvalue weighted by Gasteiger charge is 2.45. The number of unbranched alkanes of at least 4 members (excludes halogenated alkanes) is 6. The van der Waals surface area contributed by atoms with Gasteiger partial charge in [0.05, 0.1) is 0 Å². The Balaban J connectivity index is 2.06. The van der Waals surface area contributed by atoms with E-state index in [2.05, 4.69) is 12.2 Å². The number of hydrogen-bond donors (Lipinski definition) is 2. The van der Waals surface area contributed by atoms with Crippen LogP contribution in [-0.4, -0.2) is 22.5 Å². The molecule has 0 bridgehead atoms. The Kier molecular flexibility index (Phi) is 6.89. The van der Waals surface area contributed by atoms with Crippen LogP contribution in [0.5, 0.6) is 0 Å². The van der Waals surface area contributed by atoms with E-state index in [0.29, 0.717) is 19.3 Å². The maximum atomic E-state index is 11.7. The third-order valence-electron chi connectivity index (χ3n) is 4.00. The van der Waals surface area contributed by atoms with Crippen LogP contribution >= 0.6 is 0 Å². The number of aliphatic carboxylic acids is 1. The highest BCUT2D eigenvalue weighted by atomic mass is 16.4. The van der Waals surface area contributed by atoms with Crippen LogP contribution in [0.15, 0.2) is 0 Å². The topological polar surface area (TPSA) is 66.4 Å². The standard InChI is InChI=1S/C15H27NO3/c1-2-3-4-5-6-7-8-10-13(17)16-15(14(18)19)11-9-12-15/h2-12H2,1H3,(H,16,17)(H,18,19). The molecule has 0 radical (unpaired) electrons. The van der Waals surface area contributed by atoms with Gasteiger partial charge in [0.25, 0.3) is 0 Å². The van der Waals surface area contributed by atoms with Crippen molar-refractivity contribution in [2.45, 2.75) is 83.1 Å². The molecule has 1 saturated carbocycles. The number of carbonyl (C=O) groups is 2. The molecule has 0 atom stereocenters. The lowest BCUT2D eigenvalue weighted by atomic mass is 9.76. The first-order valence-corrected chi connectivity index (χ1v) is 7.65. The number of carbonyl (C=O) groups excluding carboxylic acids is 1. The van der Waals surface area contributed by atoms with Gasteiger partial charge in [-0.2, -0.15) is 0 Å². The molecule has 0 saturated heterocycles. The second-order valence-corrected chi connectivity index (χ2v) is 5.66. The van der Waals surface area contributed by atoms with Crippen LogP contribution < -0.4 is 5.32 Å². The lowest BCUT2D eigenvalue weighted by Crippen LogP contribution is -2.59. The summed E-state index contributed by atoms with van der Waals surface area (Å²) in [7, 11) is 0. The normalized spacial score (nSPS) is 16.7. The summed E-state index contributed by atoms with van der Waals surface area (Å²) in [6.07, 6.45) is 10.7. The van der Waals surface area contributed by atoms with Crippen molar-refractivity contribution in [1.29, 1.82) is 0 Å². The van der Waals surface area contributed by atoms with Crippen molar-refractivity contribution in [2.24, 2.45) is 0 Å². The van der Waals surface area contributed by atoms with Crippen molar-refractivity contribution in [3.8, 4) is 0 Å². The molecule has 1 fully saturated rings. The molecule has 19 heavy (non-hydrogen) atoms. The van der Waals surface area contributed by atoms with Crippen molar-refractivity contribution < 1.29 is 14.7 Å². The molecule has 110 valence electrons. The molecule has 1 rings (SSSR count). The van der Waals surface area contributed by atoms with E-state index in [9.17, 15) is 9.59 Å². The number of nitrogens with one attached hydrogen (secondary N) is 1. The van der Waals surface area contributed by atoms with Crippen LogP contribution in [0.1, 0.15) is 77.6 Å². The maximum Gasteiger partial charge on any atom is 0.329 e. The average Bonchev–Trinajstić information content (AvgIpc) is 2.32. The third-order valence-corrected chi connectivity index (χ3v) is 4.00. The maximum absolute atomic E-state index is 11.7. The molecule has 1 aliphatic carbocycles. The Bertz CT molecular complexity index is 298. The lowest BCUT2D eigenvalue weighted by Gasteiger charge is -2.38. The first-order valence-electron chi connectivity index (χ1n) is 7.65. The Morgan fingerprint density at radius 1 is 1.05 bits per heavy atom. The van der Waals surface area contributed by atoms with Crippen molar-refractivity contribution in [2.75, 3.05) is 0 Å². The van der Waals surface area contributed by atoms with Gasteiger partial charge < -0.3 is 10.4 Å². The molecule has 0 aromatic carbocycles. The lowest BCUT2D eigenvalue weighted by molar-refractivity contribution is -0.151. The SMILES string of the molecule is CCCCCCCCCC(=O)NC1(C(=O)O)CCC1. The summed E-state index contributed by atoms with van der Waals surface area (Å²) in [5, 5.41) is 11.8. The quantitative estimate of drug-likeness (QED) is 0.598. The molecule has 0 unspecified atom stereocenters. The van der Waals surface area contributed by atoms with E-state index in [1.54, 1.807) is 0 Å². The van der Waals surface area contributed by atoms with Crippen LogP contribution in [0.2, 0.25) is 0 Å². The number of hydrogen-bond acceptors (Lipinski definition) is 2. The third kappa shape index (κ3) is 5.21. The number of rotatable bonds is 10. The molecular formula is C15H27NO3. The van der Waals surface area contributed by atoms with Crippen molar-refractivity contribution in [3.05, 3.63) is 0 Å². The van der Waals surface area contributed by atoms with E-state index >= 15 is 0 Å². The fourth-order valence-corrected chi connectivity index (χ4v) is 2.49. The summed E-state index contributed by atoms with van der Waals surface area (Å²) in [4.78, 5) is 22.8. The Morgan fingerprint density at radius 3 is 2.11 bits per heavy atom. The summed E-state index contributed by atoms with van der Waals surface area (Å²) in [5.74, 6) is -0.984. The average molecular weight is 269 g/mol. The summed E-state index contributed by atoms with van der Waals surface area (Å²) in [5.41, 5.74) is -0.946. The minimum atomic E-state index is -0.946. The van der Waals surface area contributed by atoms with Gasteiger partial charge in [-0.15, -0.1) is 0 Å². The first kappa shape index (κ1) is 16.0.